The maximum atomic E-state index is 12.3. The zero-order chi connectivity index (χ0) is 17.0. The molecule has 2 aliphatic heterocycles. The average Bonchev–Trinajstić information content (AvgIpc) is 3.14. The Morgan fingerprint density at radius 3 is 2.96 bits per heavy atom. The zero-order valence-electron chi connectivity index (χ0n) is 13.7. The summed E-state index contributed by atoms with van der Waals surface area (Å²) in [6.45, 7) is 11.7. The number of benzene rings is 1. The van der Waals surface area contributed by atoms with E-state index in [4.69, 9.17) is 11.3 Å². The van der Waals surface area contributed by atoms with Crippen LogP contribution in [0.25, 0.3) is 15.7 Å². The second-order valence-electron chi connectivity index (χ2n) is 6.13. The summed E-state index contributed by atoms with van der Waals surface area (Å²) in [4.78, 5) is 18.0. The van der Waals surface area contributed by atoms with Crippen LogP contribution in [0.2, 0.25) is 0 Å². The van der Waals surface area contributed by atoms with Gasteiger partial charge in [-0.25, -0.2) is 9.64 Å². The first kappa shape index (κ1) is 14.5. The maximum Gasteiger partial charge on any atom is 0.335 e. The van der Waals surface area contributed by atoms with Gasteiger partial charge in [0.2, 0.25) is 0 Å². The van der Waals surface area contributed by atoms with E-state index in [2.05, 4.69) is 15.0 Å². The number of carbonyl (C=O) groups excluding carboxylic acids is 1. The first-order valence-electron chi connectivity index (χ1n) is 7.69. The lowest BCUT2D eigenvalue weighted by atomic mass is 9.83. The molecule has 24 heavy (non-hydrogen) atoms. The summed E-state index contributed by atoms with van der Waals surface area (Å²) in [5.74, 6) is -0.720. The summed E-state index contributed by atoms with van der Waals surface area (Å²) in [6.07, 6.45) is 0. The van der Waals surface area contributed by atoms with Crippen molar-refractivity contribution in [2.75, 3.05) is 13.7 Å². The van der Waals surface area contributed by atoms with Gasteiger partial charge in [0.05, 0.1) is 35.0 Å². The van der Waals surface area contributed by atoms with E-state index < -0.39 is 0 Å². The highest BCUT2D eigenvalue weighted by Crippen LogP contribution is 2.45. The van der Waals surface area contributed by atoms with Crippen molar-refractivity contribution in [3.8, 4) is 0 Å². The molecule has 4 rings (SSSR count). The van der Waals surface area contributed by atoms with Gasteiger partial charge in [0.25, 0.3) is 0 Å². The van der Waals surface area contributed by atoms with Gasteiger partial charge in [0.15, 0.2) is 5.70 Å². The number of H-pyrrole nitrogens is 1. The number of ether oxygens (including phenoxy) is 1. The lowest BCUT2D eigenvalue weighted by Gasteiger charge is -2.31. The quantitative estimate of drug-likeness (QED) is 0.648. The Bertz CT molecular complexity index is 990. The number of carbonyl (C=O) groups is 1. The number of hydrogen-bond acceptors (Lipinski definition) is 4. The van der Waals surface area contributed by atoms with E-state index in [0.717, 1.165) is 33.6 Å². The second kappa shape index (κ2) is 4.96. The molecular formula is C18H16N4O2. The Kier molecular flexibility index (Phi) is 3.00. The van der Waals surface area contributed by atoms with Gasteiger partial charge in [-0.15, -0.1) is 0 Å². The molecule has 0 aliphatic carbocycles. The van der Waals surface area contributed by atoms with Crippen LogP contribution in [0.4, 0.5) is 0 Å². The molecule has 2 aliphatic rings. The van der Waals surface area contributed by atoms with Crippen molar-refractivity contribution in [3.05, 3.63) is 63.5 Å². The molecular weight excluding hydrogens is 304 g/mol. The number of likely N-dealkylation sites (N-methyl/N-ethyl adjacent to an activating group) is 1. The van der Waals surface area contributed by atoms with Crippen molar-refractivity contribution in [1.29, 1.82) is 0 Å². The molecule has 1 aromatic heterocycles. The second-order valence-corrected chi connectivity index (χ2v) is 6.13. The van der Waals surface area contributed by atoms with Crippen molar-refractivity contribution in [2.45, 2.75) is 19.8 Å². The molecule has 0 amide bonds. The minimum absolute atomic E-state index is 0.261. The van der Waals surface area contributed by atoms with Gasteiger partial charge in [0.1, 0.15) is 6.61 Å². The molecule has 0 spiro atoms. The molecule has 120 valence electrons. The van der Waals surface area contributed by atoms with Crippen molar-refractivity contribution in [2.24, 2.45) is 0 Å². The van der Waals surface area contributed by atoms with Crippen LogP contribution >= 0.6 is 0 Å². The number of cyclic esters (lactones) is 1. The third-order valence-electron chi connectivity index (χ3n) is 4.94. The van der Waals surface area contributed by atoms with E-state index in [1.165, 1.54) is 0 Å². The van der Waals surface area contributed by atoms with Crippen LogP contribution in [-0.4, -0.2) is 34.7 Å². The first-order chi connectivity index (χ1) is 11.5. The summed E-state index contributed by atoms with van der Waals surface area (Å²) < 4.78 is 5.26. The van der Waals surface area contributed by atoms with Crippen LogP contribution in [0.3, 0.4) is 0 Å². The van der Waals surface area contributed by atoms with Crippen LogP contribution in [0.15, 0.2) is 40.9 Å². The van der Waals surface area contributed by atoms with E-state index in [1.54, 1.807) is 0 Å². The molecule has 1 N–H and O–H groups in total. The Morgan fingerprint density at radius 2 is 2.21 bits per heavy atom. The lowest BCUT2D eigenvalue weighted by Crippen LogP contribution is -2.27. The van der Waals surface area contributed by atoms with Crippen molar-refractivity contribution in [1.82, 2.24) is 15.1 Å². The topological polar surface area (TPSA) is 62.6 Å². The number of esters is 1. The minimum atomic E-state index is -0.387. The monoisotopic (exact) mass is 320 g/mol. The van der Waals surface area contributed by atoms with E-state index in [9.17, 15) is 4.79 Å². The van der Waals surface area contributed by atoms with Crippen LogP contribution in [0.1, 0.15) is 24.1 Å². The predicted molar refractivity (Wildman–Crippen MR) is 88.6 cm³/mol. The van der Waals surface area contributed by atoms with Gasteiger partial charge >= 0.3 is 5.97 Å². The van der Waals surface area contributed by atoms with E-state index >= 15 is 0 Å². The van der Waals surface area contributed by atoms with Gasteiger partial charge in [0, 0.05) is 18.1 Å². The Morgan fingerprint density at radius 1 is 1.42 bits per heavy atom. The molecule has 6 nitrogen and oxygen atoms in total. The highest BCUT2D eigenvalue weighted by atomic mass is 16.5. The molecule has 1 unspecified atom stereocenters. The fourth-order valence-electron chi connectivity index (χ4n) is 3.50. The number of fused-ring (bicyclic) bond motifs is 1. The third-order valence-corrected chi connectivity index (χ3v) is 4.94. The van der Waals surface area contributed by atoms with Crippen molar-refractivity contribution in [3.63, 3.8) is 0 Å². The molecule has 0 bridgehead atoms. The third kappa shape index (κ3) is 1.81. The number of aryl methyl sites for hydroxylation is 1. The van der Waals surface area contributed by atoms with E-state index in [1.807, 2.05) is 44.0 Å². The molecule has 6 heteroatoms. The Balaban J connectivity index is 1.96. The van der Waals surface area contributed by atoms with Gasteiger partial charge in [-0.3, -0.25) is 5.10 Å². The van der Waals surface area contributed by atoms with Crippen LogP contribution in [-0.2, 0) is 9.53 Å². The van der Waals surface area contributed by atoms with E-state index in [-0.39, 0.29) is 18.5 Å². The normalized spacial score (nSPS) is 20.5. The minimum Gasteiger partial charge on any atom is -0.456 e. The van der Waals surface area contributed by atoms with Crippen molar-refractivity contribution < 1.29 is 9.53 Å². The maximum absolute atomic E-state index is 12.3. The Hall–Kier alpha value is -3.07. The molecule has 1 atom stereocenters. The van der Waals surface area contributed by atoms with Gasteiger partial charge in [-0.1, -0.05) is 6.07 Å². The van der Waals surface area contributed by atoms with Crippen LogP contribution in [0.5, 0.6) is 0 Å². The van der Waals surface area contributed by atoms with E-state index in [0.29, 0.717) is 11.3 Å². The standard InChI is InChI=1S/C18H16N4O2/c1-9-12-7-11(5-6-13(12)21-20-9)15-16-14(8-24-18(16)23)22(4)10(2)17(15)19-3/h5-7,15H,8H2,1-2,4H3,(H,20,21). The summed E-state index contributed by atoms with van der Waals surface area (Å²) in [6, 6.07) is 5.91. The SMILES string of the molecule is [C-]#[N+]C1=C(C)N(C)C2=C(C(=O)OC2)C1c1ccc2[nH]nc(C)c2c1. The Labute approximate surface area is 139 Å². The average molecular weight is 320 g/mol. The van der Waals surface area contributed by atoms with Crippen molar-refractivity contribution >= 4 is 16.9 Å². The van der Waals surface area contributed by atoms with Crippen LogP contribution < -0.4 is 0 Å². The van der Waals surface area contributed by atoms with Gasteiger partial charge < -0.3 is 9.64 Å². The zero-order valence-corrected chi connectivity index (χ0v) is 13.7. The number of hydrogen-bond donors (Lipinski definition) is 1. The molecule has 0 saturated heterocycles. The van der Waals surface area contributed by atoms with Gasteiger partial charge in [-0.05, 0) is 31.5 Å². The number of nitrogens with zero attached hydrogens (tertiary/aromatic N) is 3. The number of aromatic amines is 1. The molecule has 0 saturated carbocycles. The van der Waals surface area contributed by atoms with Crippen LogP contribution in [0, 0.1) is 13.5 Å². The number of aromatic nitrogens is 2. The van der Waals surface area contributed by atoms with Gasteiger partial charge in [-0.2, -0.15) is 5.10 Å². The highest BCUT2D eigenvalue weighted by molar-refractivity contribution is 5.95. The number of rotatable bonds is 1. The summed E-state index contributed by atoms with van der Waals surface area (Å²) in [5.41, 5.74) is 5.60. The largest absolute Gasteiger partial charge is 0.456 e. The number of nitrogens with one attached hydrogen (secondary N) is 1. The molecule has 0 radical (unpaired) electrons. The fourth-order valence-corrected chi connectivity index (χ4v) is 3.50. The first-order valence-corrected chi connectivity index (χ1v) is 7.69. The molecule has 3 heterocycles. The molecule has 2 aromatic rings. The number of allylic oxidation sites excluding steroid dienone is 2. The summed E-state index contributed by atoms with van der Waals surface area (Å²) >= 11 is 0. The molecule has 1 aromatic carbocycles. The summed E-state index contributed by atoms with van der Waals surface area (Å²) in [5, 5.41) is 8.20. The highest BCUT2D eigenvalue weighted by Gasteiger charge is 2.41. The smallest absolute Gasteiger partial charge is 0.335 e. The molecule has 0 fully saturated rings. The summed E-state index contributed by atoms with van der Waals surface area (Å²) in [7, 11) is 1.87. The lowest BCUT2D eigenvalue weighted by molar-refractivity contribution is -0.136. The fraction of sp³-hybridized carbons (Fsp3) is 0.278. The predicted octanol–water partition coefficient (Wildman–Crippen LogP) is 2.86.